The monoisotopic (exact) mass is 485 g/mol. The number of anilines is 3. The minimum absolute atomic E-state index is 0.0672. The molecular formula is C28H31N5O3. The second kappa shape index (κ2) is 10.5. The highest BCUT2D eigenvalue weighted by atomic mass is 16.5. The van der Waals surface area contributed by atoms with Crippen LogP contribution in [0.1, 0.15) is 33.3 Å². The predicted octanol–water partition coefficient (Wildman–Crippen LogP) is 6.80. The van der Waals surface area contributed by atoms with E-state index in [-0.39, 0.29) is 11.4 Å². The summed E-state index contributed by atoms with van der Waals surface area (Å²) in [4.78, 5) is 21.6. The SMILES string of the molecule is CCNc1nccc(Oc2ccc(NC(=O)Nc3cc(C(C)(C)C)ccc3OC)c3ccccc23)n1. The average molecular weight is 486 g/mol. The molecule has 0 saturated carbocycles. The Kier molecular flexibility index (Phi) is 7.24. The van der Waals surface area contributed by atoms with Gasteiger partial charge in [0.1, 0.15) is 11.5 Å². The van der Waals surface area contributed by atoms with Gasteiger partial charge in [0.15, 0.2) is 0 Å². The molecule has 0 aliphatic heterocycles. The van der Waals surface area contributed by atoms with Crippen molar-refractivity contribution in [1.82, 2.24) is 9.97 Å². The van der Waals surface area contributed by atoms with E-state index in [1.165, 1.54) is 0 Å². The first-order valence-electron chi connectivity index (χ1n) is 11.8. The fourth-order valence-electron chi connectivity index (χ4n) is 3.77. The molecule has 3 aromatic carbocycles. The number of fused-ring (bicyclic) bond motifs is 1. The van der Waals surface area contributed by atoms with Crippen molar-refractivity contribution in [2.24, 2.45) is 0 Å². The summed E-state index contributed by atoms with van der Waals surface area (Å²) in [5, 5.41) is 10.6. The minimum Gasteiger partial charge on any atom is -0.495 e. The van der Waals surface area contributed by atoms with Crippen LogP contribution in [0.5, 0.6) is 17.4 Å². The van der Waals surface area contributed by atoms with Crippen molar-refractivity contribution >= 4 is 34.1 Å². The Morgan fingerprint density at radius 3 is 2.36 bits per heavy atom. The molecule has 4 rings (SSSR count). The molecule has 36 heavy (non-hydrogen) atoms. The van der Waals surface area contributed by atoms with Gasteiger partial charge in [0, 0.05) is 29.6 Å². The van der Waals surface area contributed by atoms with Gasteiger partial charge in [0.05, 0.1) is 18.5 Å². The number of urea groups is 1. The molecule has 0 spiro atoms. The lowest BCUT2D eigenvalue weighted by atomic mass is 9.87. The molecule has 0 bridgehead atoms. The number of nitrogens with one attached hydrogen (secondary N) is 3. The summed E-state index contributed by atoms with van der Waals surface area (Å²) < 4.78 is 11.5. The summed E-state index contributed by atoms with van der Waals surface area (Å²) in [6.07, 6.45) is 1.64. The highest BCUT2D eigenvalue weighted by molar-refractivity contribution is 6.08. The van der Waals surface area contributed by atoms with Crippen LogP contribution in [0.4, 0.5) is 22.1 Å². The van der Waals surface area contributed by atoms with Gasteiger partial charge in [-0.1, -0.05) is 51.1 Å². The topological polar surface area (TPSA) is 97.4 Å². The molecule has 0 aliphatic carbocycles. The second-order valence-corrected chi connectivity index (χ2v) is 9.25. The molecule has 186 valence electrons. The van der Waals surface area contributed by atoms with Gasteiger partial charge >= 0.3 is 6.03 Å². The van der Waals surface area contributed by atoms with Gasteiger partial charge in [-0.05, 0) is 42.2 Å². The Bertz CT molecular complexity index is 1380. The molecule has 3 N–H and O–H groups in total. The van der Waals surface area contributed by atoms with Crippen molar-refractivity contribution < 1.29 is 14.3 Å². The first kappa shape index (κ1) is 24.8. The number of carbonyl (C=O) groups is 1. The molecule has 1 heterocycles. The number of methoxy groups -OCH3 is 1. The zero-order chi connectivity index (χ0) is 25.7. The standard InChI is InChI=1S/C28H31N5O3/c1-6-29-26-30-16-15-25(33-26)36-23-14-12-21(19-9-7-8-10-20(19)23)31-27(34)32-22-17-18(28(2,3)4)11-13-24(22)35-5/h7-17H,6H2,1-5H3,(H,29,30,33)(H2,31,32,34). The Morgan fingerprint density at radius 1 is 0.917 bits per heavy atom. The Balaban J connectivity index is 1.58. The van der Waals surface area contributed by atoms with Crippen LogP contribution in [0, 0.1) is 0 Å². The molecule has 4 aromatic rings. The summed E-state index contributed by atoms with van der Waals surface area (Å²) in [5.41, 5.74) is 2.28. The third kappa shape index (κ3) is 5.66. The van der Waals surface area contributed by atoms with Crippen LogP contribution in [-0.2, 0) is 5.41 Å². The molecule has 8 nitrogen and oxygen atoms in total. The summed E-state index contributed by atoms with van der Waals surface area (Å²) in [7, 11) is 1.58. The number of nitrogens with zero attached hydrogens (tertiary/aromatic N) is 2. The van der Waals surface area contributed by atoms with Gasteiger partial charge in [0.25, 0.3) is 0 Å². The van der Waals surface area contributed by atoms with E-state index >= 15 is 0 Å². The van der Waals surface area contributed by atoms with Crippen molar-refractivity contribution in [3.8, 4) is 17.4 Å². The quantitative estimate of drug-likeness (QED) is 0.266. The van der Waals surface area contributed by atoms with Crippen LogP contribution >= 0.6 is 0 Å². The first-order chi connectivity index (χ1) is 17.3. The largest absolute Gasteiger partial charge is 0.495 e. The molecule has 0 fully saturated rings. The van der Waals surface area contributed by atoms with Gasteiger partial charge in [-0.25, -0.2) is 9.78 Å². The van der Waals surface area contributed by atoms with Gasteiger partial charge in [0.2, 0.25) is 11.8 Å². The van der Waals surface area contributed by atoms with E-state index in [1.807, 2.05) is 61.5 Å². The van der Waals surface area contributed by atoms with Crippen molar-refractivity contribution in [2.75, 3.05) is 29.6 Å². The second-order valence-electron chi connectivity index (χ2n) is 9.25. The Labute approximate surface area is 211 Å². The van der Waals surface area contributed by atoms with Crippen molar-refractivity contribution in [1.29, 1.82) is 0 Å². The molecule has 0 unspecified atom stereocenters. The van der Waals surface area contributed by atoms with E-state index in [1.54, 1.807) is 19.4 Å². The van der Waals surface area contributed by atoms with Crippen LogP contribution in [0.3, 0.4) is 0 Å². The summed E-state index contributed by atoms with van der Waals surface area (Å²) in [5.74, 6) is 2.14. The third-order valence-corrected chi connectivity index (χ3v) is 5.63. The van der Waals surface area contributed by atoms with Crippen LogP contribution < -0.4 is 25.4 Å². The van der Waals surface area contributed by atoms with Crippen molar-refractivity contribution in [3.05, 3.63) is 72.4 Å². The number of amides is 2. The lowest BCUT2D eigenvalue weighted by molar-refractivity contribution is 0.262. The molecule has 0 radical (unpaired) electrons. The number of benzene rings is 3. The molecule has 0 saturated heterocycles. The van der Waals surface area contributed by atoms with Crippen molar-refractivity contribution in [2.45, 2.75) is 33.1 Å². The van der Waals surface area contributed by atoms with Crippen LogP contribution in [0.25, 0.3) is 10.8 Å². The number of hydrogen-bond donors (Lipinski definition) is 3. The van der Waals surface area contributed by atoms with E-state index in [9.17, 15) is 4.79 Å². The Morgan fingerprint density at radius 2 is 1.64 bits per heavy atom. The lowest BCUT2D eigenvalue weighted by Gasteiger charge is -2.21. The zero-order valence-corrected chi connectivity index (χ0v) is 21.2. The Hall–Kier alpha value is -4.33. The molecule has 0 aliphatic rings. The molecule has 2 amide bonds. The van der Waals surface area contributed by atoms with Gasteiger partial charge in [-0.2, -0.15) is 4.98 Å². The minimum atomic E-state index is -0.371. The third-order valence-electron chi connectivity index (χ3n) is 5.63. The molecule has 1 aromatic heterocycles. The summed E-state index contributed by atoms with van der Waals surface area (Å²) in [6.45, 7) is 9.05. The maximum absolute atomic E-state index is 13.0. The first-order valence-corrected chi connectivity index (χ1v) is 11.8. The van der Waals surface area contributed by atoms with Gasteiger partial charge in [-0.15, -0.1) is 0 Å². The number of rotatable bonds is 7. The molecular weight excluding hydrogens is 454 g/mol. The highest BCUT2D eigenvalue weighted by Gasteiger charge is 2.18. The fraction of sp³-hybridized carbons (Fsp3) is 0.250. The van der Waals surface area contributed by atoms with Crippen LogP contribution in [-0.4, -0.2) is 29.7 Å². The fourth-order valence-corrected chi connectivity index (χ4v) is 3.77. The average Bonchev–Trinajstić information content (AvgIpc) is 2.85. The summed E-state index contributed by atoms with van der Waals surface area (Å²) in [6, 6.07) is 18.5. The van der Waals surface area contributed by atoms with E-state index < -0.39 is 0 Å². The van der Waals surface area contributed by atoms with Gasteiger partial charge in [-0.3, -0.25) is 0 Å². The molecule has 8 heteroatoms. The van der Waals surface area contributed by atoms with Crippen LogP contribution in [0.2, 0.25) is 0 Å². The van der Waals surface area contributed by atoms with E-state index in [2.05, 4.69) is 46.7 Å². The van der Waals surface area contributed by atoms with Crippen LogP contribution in [0.15, 0.2) is 66.9 Å². The number of hydrogen-bond acceptors (Lipinski definition) is 6. The number of ether oxygens (including phenoxy) is 2. The number of aromatic nitrogens is 2. The molecule has 0 atom stereocenters. The van der Waals surface area contributed by atoms with E-state index in [0.29, 0.717) is 41.2 Å². The van der Waals surface area contributed by atoms with E-state index in [0.717, 1.165) is 16.3 Å². The lowest BCUT2D eigenvalue weighted by Crippen LogP contribution is -2.21. The maximum atomic E-state index is 13.0. The maximum Gasteiger partial charge on any atom is 0.323 e. The predicted molar refractivity (Wildman–Crippen MR) is 145 cm³/mol. The highest BCUT2D eigenvalue weighted by Crippen LogP contribution is 2.35. The number of carbonyl (C=O) groups excluding carboxylic acids is 1. The van der Waals surface area contributed by atoms with E-state index in [4.69, 9.17) is 9.47 Å². The van der Waals surface area contributed by atoms with Crippen molar-refractivity contribution in [3.63, 3.8) is 0 Å². The zero-order valence-electron chi connectivity index (χ0n) is 21.2. The summed E-state index contributed by atoms with van der Waals surface area (Å²) >= 11 is 0. The van der Waals surface area contributed by atoms with Gasteiger partial charge < -0.3 is 25.4 Å². The smallest absolute Gasteiger partial charge is 0.323 e. The normalized spacial score (nSPS) is 11.1.